The van der Waals surface area contributed by atoms with E-state index in [2.05, 4.69) is 6.58 Å². The van der Waals surface area contributed by atoms with Gasteiger partial charge in [-0.2, -0.15) is 0 Å². The number of nitrogens with zero attached hydrogens (tertiary/aromatic N) is 1. The van der Waals surface area contributed by atoms with Gasteiger partial charge >= 0.3 is 0 Å². The number of anilines is 1. The van der Waals surface area contributed by atoms with Gasteiger partial charge in [-0.3, -0.25) is 0 Å². The third kappa shape index (κ3) is 4.02. The number of nitrogens with two attached hydrogens (primary N) is 1. The van der Waals surface area contributed by atoms with Gasteiger partial charge < -0.3 is 9.75 Å². The fourth-order valence-electron chi connectivity index (χ4n) is 1.81. The fraction of sp³-hybridized carbons (Fsp3) is 0.125. The summed E-state index contributed by atoms with van der Waals surface area (Å²) in [6, 6.07) is 15.3. The number of ether oxygens (including phenoxy) is 1. The molecule has 0 aliphatic carbocycles. The highest BCUT2D eigenvalue weighted by molar-refractivity contribution is 6.30. The van der Waals surface area contributed by atoms with E-state index in [0.717, 1.165) is 17.0 Å². The number of rotatable bonds is 6. The molecule has 0 saturated carbocycles. The lowest BCUT2D eigenvalue weighted by atomic mass is 10.2. The van der Waals surface area contributed by atoms with Crippen molar-refractivity contribution in [2.45, 2.75) is 6.54 Å². The van der Waals surface area contributed by atoms with Crippen LogP contribution in [0.15, 0.2) is 61.2 Å². The molecule has 0 radical (unpaired) electrons. The van der Waals surface area contributed by atoms with Crippen molar-refractivity contribution in [3.63, 3.8) is 0 Å². The normalized spacial score (nSPS) is 10.1. The average molecular weight is 289 g/mol. The van der Waals surface area contributed by atoms with Crippen LogP contribution in [0.2, 0.25) is 5.02 Å². The van der Waals surface area contributed by atoms with Crippen LogP contribution >= 0.6 is 11.6 Å². The molecule has 2 rings (SSSR count). The molecular formula is C16H17ClN2O. The van der Waals surface area contributed by atoms with Crippen molar-refractivity contribution >= 4 is 17.3 Å². The molecule has 0 fully saturated rings. The Hall–Kier alpha value is -1.97. The molecule has 0 aromatic heterocycles. The van der Waals surface area contributed by atoms with Crippen molar-refractivity contribution in [1.29, 1.82) is 0 Å². The molecule has 0 unspecified atom stereocenters. The van der Waals surface area contributed by atoms with Gasteiger partial charge in [0.25, 0.3) is 0 Å². The summed E-state index contributed by atoms with van der Waals surface area (Å²) in [7, 11) is 0. The van der Waals surface area contributed by atoms with E-state index < -0.39 is 0 Å². The Bertz CT molecular complexity index is 569. The minimum Gasteiger partial charge on any atom is -0.490 e. The number of hydrogen-bond acceptors (Lipinski definition) is 3. The first-order chi connectivity index (χ1) is 9.69. The minimum absolute atomic E-state index is 0.494. The molecule has 2 aromatic rings. The molecule has 0 amide bonds. The molecule has 104 valence electrons. The van der Waals surface area contributed by atoms with Crippen molar-refractivity contribution in [2.75, 3.05) is 11.6 Å². The van der Waals surface area contributed by atoms with Crippen molar-refractivity contribution < 1.29 is 4.74 Å². The molecule has 4 heteroatoms. The highest BCUT2D eigenvalue weighted by atomic mass is 35.5. The second kappa shape index (κ2) is 6.98. The van der Waals surface area contributed by atoms with Crippen LogP contribution < -0.4 is 15.6 Å². The zero-order chi connectivity index (χ0) is 14.4. The van der Waals surface area contributed by atoms with Gasteiger partial charge in [0.1, 0.15) is 12.4 Å². The van der Waals surface area contributed by atoms with Crippen LogP contribution in [0.3, 0.4) is 0 Å². The molecule has 0 aliphatic heterocycles. The predicted molar refractivity (Wildman–Crippen MR) is 84.0 cm³/mol. The van der Waals surface area contributed by atoms with E-state index in [1.165, 1.54) is 0 Å². The Morgan fingerprint density at radius 1 is 1.20 bits per heavy atom. The molecule has 0 aliphatic rings. The lowest BCUT2D eigenvalue weighted by Gasteiger charge is -2.19. The molecule has 2 N–H and O–H groups in total. The number of hydrogen-bond donors (Lipinski definition) is 1. The molecule has 0 spiro atoms. The monoisotopic (exact) mass is 288 g/mol. The molecule has 20 heavy (non-hydrogen) atoms. The number of benzene rings is 2. The first-order valence-corrected chi connectivity index (χ1v) is 6.67. The van der Waals surface area contributed by atoms with Gasteiger partial charge in [0, 0.05) is 5.02 Å². The summed E-state index contributed by atoms with van der Waals surface area (Å²) in [5, 5.41) is 2.38. The molecule has 3 nitrogen and oxygen atoms in total. The first kappa shape index (κ1) is 14.4. The maximum Gasteiger partial charge on any atom is 0.119 e. The maximum absolute atomic E-state index is 6.06. The molecule has 0 saturated heterocycles. The Balaban J connectivity index is 2.01. The van der Waals surface area contributed by atoms with Crippen LogP contribution in [0.4, 0.5) is 5.69 Å². The van der Waals surface area contributed by atoms with Gasteiger partial charge in [-0.05, 0) is 42.0 Å². The number of halogens is 1. The Morgan fingerprint density at radius 2 is 1.95 bits per heavy atom. The van der Waals surface area contributed by atoms with E-state index in [1.807, 2.05) is 48.5 Å². The largest absolute Gasteiger partial charge is 0.490 e. The highest BCUT2D eigenvalue weighted by Crippen LogP contribution is 2.20. The van der Waals surface area contributed by atoms with Crippen molar-refractivity contribution in [1.82, 2.24) is 0 Å². The van der Waals surface area contributed by atoms with Crippen molar-refractivity contribution in [2.24, 2.45) is 5.84 Å². The summed E-state index contributed by atoms with van der Waals surface area (Å²) in [4.78, 5) is 0. The van der Waals surface area contributed by atoms with Crippen LogP contribution in [0.5, 0.6) is 5.75 Å². The SMILES string of the molecule is C=CCOc1ccc(N(N)Cc2cccc(Cl)c2)cc1. The summed E-state index contributed by atoms with van der Waals surface area (Å²) in [5.41, 5.74) is 1.97. The fourth-order valence-corrected chi connectivity index (χ4v) is 2.03. The maximum atomic E-state index is 6.06. The predicted octanol–water partition coefficient (Wildman–Crippen LogP) is 3.79. The van der Waals surface area contributed by atoms with E-state index in [0.29, 0.717) is 18.2 Å². The third-order valence-corrected chi connectivity index (χ3v) is 3.01. The Morgan fingerprint density at radius 3 is 2.60 bits per heavy atom. The summed E-state index contributed by atoms with van der Waals surface area (Å²) < 4.78 is 5.43. The zero-order valence-corrected chi connectivity index (χ0v) is 11.9. The van der Waals surface area contributed by atoms with Crippen molar-refractivity contribution in [3.05, 3.63) is 71.8 Å². The number of hydrazine groups is 1. The lowest BCUT2D eigenvalue weighted by molar-refractivity contribution is 0.363. The van der Waals surface area contributed by atoms with Gasteiger partial charge in [0.05, 0.1) is 12.2 Å². The lowest BCUT2D eigenvalue weighted by Crippen LogP contribution is -2.29. The van der Waals surface area contributed by atoms with Gasteiger partial charge in [-0.15, -0.1) is 0 Å². The quantitative estimate of drug-likeness (QED) is 0.499. The highest BCUT2D eigenvalue weighted by Gasteiger charge is 2.04. The van der Waals surface area contributed by atoms with Gasteiger partial charge in [-0.1, -0.05) is 36.4 Å². The van der Waals surface area contributed by atoms with E-state index >= 15 is 0 Å². The second-order valence-corrected chi connectivity index (χ2v) is 4.79. The summed E-state index contributed by atoms with van der Waals surface area (Å²) in [5.74, 6) is 6.86. The van der Waals surface area contributed by atoms with E-state index in [-0.39, 0.29) is 0 Å². The summed E-state index contributed by atoms with van der Waals surface area (Å²) >= 11 is 5.96. The van der Waals surface area contributed by atoms with Crippen LogP contribution in [0.1, 0.15) is 5.56 Å². The molecule has 0 atom stereocenters. The van der Waals surface area contributed by atoms with E-state index in [4.69, 9.17) is 22.2 Å². The Labute approximate surface area is 124 Å². The second-order valence-electron chi connectivity index (χ2n) is 4.35. The first-order valence-electron chi connectivity index (χ1n) is 6.29. The zero-order valence-electron chi connectivity index (χ0n) is 11.1. The van der Waals surface area contributed by atoms with Gasteiger partial charge in [0.15, 0.2) is 0 Å². The molecule has 2 aromatic carbocycles. The van der Waals surface area contributed by atoms with Crippen LogP contribution in [-0.2, 0) is 6.54 Å². The van der Waals surface area contributed by atoms with Crippen LogP contribution in [-0.4, -0.2) is 6.61 Å². The topological polar surface area (TPSA) is 38.5 Å². The van der Waals surface area contributed by atoms with Gasteiger partial charge in [0.2, 0.25) is 0 Å². The smallest absolute Gasteiger partial charge is 0.119 e. The molecular weight excluding hydrogens is 272 g/mol. The summed E-state index contributed by atoms with van der Waals surface area (Å²) in [6.07, 6.45) is 1.71. The van der Waals surface area contributed by atoms with E-state index in [1.54, 1.807) is 11.1 Å². The standard InChI is InChI=1S/C16H17ClN2O/c1-2-10-20-16-8-6-15(7-9-16)19(18)12-13-4-3-5-14(17)11-13/h2-9,11H,1,10,12,18H2. The average Bonchev–Trinajstić information content (AvgIpc) is 2.45. The van der Waals surface area contributed by atoms with Crippen molar-refractivity contribution in [3.8, 4) is 5.75 Å². The Kier molecular flexibility index (Phi) is 5.04. The minimum atomic E-state index is 0.494. The van der Waals surface area contributed by atoms with E-state index in [9.17, 15) is 0 Å². The van der Waals surface area contributed by atoms with Crippen LogP contribution in [0.25, 0.3) is 0 Å². The summed E-state index contributed by atoms with van der Waals surface area (Å²) in [6.45, 7) is 4.70. The van der Waals surface area contributed by atoms with Gasteiger partial charge in [-0.25, -0.2) is 5.84 Å². The molecule has 0 heterocycles. The third-order valence-electron chi connectivity index (χ3n) is 2.78. The molecule has 0 bridgehead atoms. The van der Waals surface area contributed by atoms with Crippen LogP contribution in [0, 0.1) is 0 Å².